The summed E-state index contributed by atoms with van der Waals surface area (Å²) in [5.74, 6) is 0.826. The van der Waals surface area contributed by atoms with E-state index < -0.39 is 5.97 Å². The van der Waals surface area contributed by atoms with E-state index in [2.05, 4.69) is 21.4 Å². The van der Waals surface area contributed by atoms with E-state index in [9.17, 15) is 9.90 Å². The minimum Gasteiger partial charge on any atom is -0.493 e. The number of carbonyl (C=O) groups is 1. The van der Waals surface area contributed by atoms with Gasteiger partial charge in [-0.05, 0) is 41.3 Å². The molecule has 1 aliphatic rings. The van der Waals surface area contributed by atoms with Crippen LogP contribution < -0.4 is 14.8 Å². The molecule has 34 heavy (non-hydrogen) atoms. The summed E-state index contributed by atoms with van der Waals surface area (Å²) >= 11 is 0. The Labute approximate surface area is 196 Å². The first-order valence-electron chi connectivity index (χ1n) is 11.0. The summed E-state index contributed by atoms with van der Waals surface area (Å²) < 4.78 is 13.4. The first-order valence-corrected chi connectivity index (χ1v) is 11.0. The molecule has 0 saturated heterocycles. The minimum atomic E-state index is -1.03. The van der Waals surface area contributed by atoms with E-state index in [1.807, 2.05) is 48.6 Å². The number of benzene rings is 2. The van der Waals surface area contributed by atoms with Crippen molar-refractivity contribution in [3.05, 3.63) is 95.1 Å². The van der Waals surface area contributed by atoms with Crippen molar-refractivity contribution < 1.29 is 19.4 Å². The molecule has 2 aromatic heterocycles. The van der Waals surface area contributed by atoms with Crippen molar-refractivity contribution in [2.24, 2.45) is 0 Å². The number of aromatic nitrogens is 3. The maximum absolute atomic E-state index is 11.3. The van der Waals surface area contributed by atoms with Crippen LogP contribution in [0.2, 0.25) is 0 Å². The van der Waals surface area contributed by atoms with E-state index in [0.717, 1.165) is 35.5 Å². The Balaban J connectivity index is 1.41. The molecule has 2 N–H and O–H groups in total. The molecule has 4 aromatic rings. The molecule has 0 aliphatic carbocycles. The number of nitrogens with one attached hydrogen (secondary N) is 1. The molecular weight excluding hydrogens is 432 g/mol. The third-order valence-corrected chi connectivity index (χ3v) is 5.86. The van der Waals surface area contributed by atoms with Crippen LogP contribution in [0.1, 0.15) is 38.8 Å². The largest absolute Gasteiger partial charge is 0.493 e. The van der Waals surface area contributed by atoms with E-state index in [-0.39, 0.29) is 11.6 Å². The molecule has 0 bridgehead atoms. The van der Waals surface area contributed by atoms with Crippen molar-refractivity contribution in [3.63, 3.8) is 0 Å². The highest BCUT2D eigenvalue weighted by Gasteiger charge is 2.21. The van der Waals surface area contributed by atoms with Gasteiger partial charge >= 0.3 is 5.97 Å². The number of imidazole rings is 1. The van der Waals surface area contributed by atoms with E-state index in [4.69, 9.17) is 9.47 Å². The standard InChI is InChI=1S/C26H24N4O4/c1-33-23-12-21-18(11-24(23)34-16-17-5-3-2-4-6-17)9-10-27-22(21)8-7-20-14-29-26-28-13-19(25(31)32)15-30(20)26/h2-8,11-15,22,27H,9-10,16H2,1H3,(H,31,32)/b8-7+. The SMILES string of the molecule is COc1cc2c(cc1OCc1ccccc1)CCNC2/C=C/c1cnc2ncc(C(=O)O)cn12. The number of hydrogen-bond acceptors (Lipinski definition) is 6. The second-order valence-corrected chi connectivity index (χ2v) is 8.02. The lowest BCUT2D eigenvalue weighted by Gasteiger charge is -2.26. The number of carboxylic acids is 1. The third-order valence-electron chi connectivity index (χ3n) is 5.86. The quantitative estimate of drug-likeness (QED) is 0.435. The molecular formula is C26H24N4O4. The molecule has 1 aliphatic heterocycles. The zero-order chi connectivity index (χ0) is 23.5. The van der Waals surface area contributed by atoms with Crippen LogP contribution in [0.15, 0.2) is 67.1 Å². The number of ether oxygens (including phenoxy) is 2. The second-order valence-electron chi connectivity index (χ2n) is 8.02. The fourth-order valence-corrected chi connectivity index (χ4v) is 4.10. The molecule has 0 radical (unpaired) electrons. The van der Waals surface area contributed by atoms with E-state index in [0.29, 0.717) is 18.1 Å². The van der Waals surface area contributed by atoms with Gasteiger partial charge in [0.1, 0.15) is 6.61 Å². The zero-order valence-corrected chi connectivity index (χ0v) is 18.6. The third kappa shape index (κ3) is 4.35. The molecule has 0 spiro atoms. The van der Waals surface area contributed by atoms with Crippen LogP contribution in [-0.2, 0) is 13.0 Å². The predicted molar refractivity (Wildman–Crippen MR) is 127 cm³/mol. The molecule has 8 nitrogen and oxygen atoms in total. The summed E-state index contributed by atoms with van der Waals surface area (Å²) in [6, 6.07) is 14.1. The topological polar surface area (TPSA) is 98.0 Å². The lowest BCUT2D eigenvalue weighted by molar-refractivity contribution is 0.0696. The van der Waals surface area contributed by atoms with Crippen LogP contribution in [-0.4, -0.2) is 39.1 Å². The van der Waals surface area contributed by atoms with Gasteiger partial charge in [0, 0.05) is 18.9 Å². The van der Waals surface area contributed by atoms with Crippen LogP contribution in [0.3, 0.4) is 0 Å². The van der Waals surface area contributed by atoms with Crippen LogP contribution >= 0.6 is 0 Å². The van der Waals surface area contributed by atoms with Crippen LogP contribution in [0, 0.1) is 0 Å². The van der Waals surface area contributed by atoms with Gasteiger partial charge in [-0.3, -0.25) is 4.40 Å². The Hall–Kier alpha value is -4.17. The maximum atomic E-state index is 11.3. The van der Waals surface area contributed by atoms with Gasteiger partial charge < -0.3 is 19.9 Å². The minimum absolute atomic E-state index is 0.0398. The van der Waals surface area contributed by atoms with Gasteiger partial charge in [-0.15, -0.1) is 0 Å². The highest BCUT2D eigenvalue weighted by atomic mass is 16.5. The summed E-state index contributed by atoms with van der Waals surface area (Å²) in [4.78, 5) is 19.7. The number of aromatic carboxylic acids is 1. The summed E-state index contributed by atoms with van der Waals surface area (Å²) in [6.45, 7) is 1.29. The fourth-order valence-electron chi connectivity index (χ4n) is 4.10. The Kier molecular flexibility index (Phi) is 5.97. The molecule has 1 unspecified atom stereocenters. The maximum Gasteiger partial charge on any atom is 0.338 e. The zero-order valence-electron chi connectivity index (χ0n) is 18.6. The van der Waals surface area contributed by atoms with Crippen molar-refractivity contribution in [2.75, 3.05) is 13.7 Å². The van der Waals surface area contributed by atoms with Gasteiger partial charge in [0.15, 0.2) is 11.5 Å². The molecule has 3 heterocycles. The Morgan fingerprint density at radius 3 is 2.82 bits per heavy atom. The monoisotopic (exact) mass is 456 g/mol. The highest BCUT2D eigenvalue weighted by Crippen LogP contribution is 2.36. The second kappa shape index (κ2) is 9.36. The van der Waals surface area contributed by atoms with Crippen LogP contribution in [0.25, 0.3) is 11.9 Å². The van der Waals surface area contributed by atoms with Crippen molar-refractivity contribution >= 4 is 17.8 Å². The Morgan fingerprint density at radius 1 is 1.21 bits per heavy atom. The number of fused-ring (bicyclic) bond motifs is 2. The van der Waals surface area contributed by atoms with E-state index in [1.165, 1.54) is 18.0 Å². The van der Waals surface area contributed by atoms with Gasteiger partial charge in [-0.25, -0.2) is 14.8 Å². The Bertz CT molecular complexity index is 1360. The van der Waals surface area contributed by atoms with Gasteiger partial charge in [-0.2, -0.15) is 0 Å². The molecule has 8 heteroatoms. The molecule has 0 amide bonds. The van der Waals surface area contributed by atoms with Crippen molar-refractivity contribution in [1.29, 1.82) is 0 Å². The average Bonchev–Trinajstić information content (AvgIpc) is 3.28. The van der Waals surface area contributed by atoms with Crippen molar-refractivity contribution in [1.82, 2.24) is 19.7 Å². The predicted octanol–water partition coefficient (Wildman–Crippen LogP) is 3.92. The normalized spacial score (nSPS) is 15.4. The summed E-state index contributed by atoms with van der Waals surface area (Å²) in [5.41, 5.74) is 4.26. The van der Waals surface area contributed by atoms with Crippen molar-refractivity contribution in [3.8, 4) is 11.5 Å². The van der Waals surface area contributed by atoms with Gasteiger partial charge in [0.05, 0.1) is 30.6 Å². The molecule has 5 rings (SSSR count). The Morgan fingerprint density at radius 2 is 2.03 bits per heavy atom. The number of carboxylic acid groups (broad SMARTS) is 1. The van der Waals surface area contributed by atoms with Gasteiger partial charge in [-0.1, -0.05) is 36.4 Å². The molecule has 0 fully saturated rings. The highest BCUT2D eigenvalue weighted by molar-refractivity contribution is 5.87. The summed E-state index contributed by atoms with van der Waals surface area (Å²) in [5, 5.41) is 12.8. The lowest BCUT2D eigenvalue weighted by atomic mass is 9.93. The molecule has 1 atom stereocenters. The first-order chi connectivity index (χ1) is 16.6. The number of hydrogen-bond donors (Lipinski definition) is 2. The smallest absolute Gasteiger partial charge is 0.338 e. The van der Waals surface area contributed by atoms with E-state index >= 15 is 0 Å². The molecule has 0 saturated carbocycles. The van der Waals surface area contributed by atoms with Crippen molar-refractivity contribution in [2.45, 2.75) is 19.1 Å². The molecule has 172 valence electrons. The van der Waals surface area contributed by atoms with Crippen LogP contribution in [0.4, 0.5) is 0 Å². The van der Waals surface area contributed by atoms with Crippen LogP contribution in [0.5, 0.6) is 11.5 Å². The van der Waals surface area contributed by atoms with E-state index in [1.54, 1.807) is 17.7 Å². The first kappa shape index (κ1) is 21.7. The molecule has 2 aromatic carbocycles. The fraction of sp³-hybridized carbons (Fsp3) is 0.192. The lowest BCUT2D eigenvalue weighted by Crippen LogP contribution is -2.28. The summed E-state index contributed by atoms with van der Waals surface area (Å²) in [7, 11) is 1.64. The average molecular weight is 457 g/mol. The van der Waals surface area contributed by atoms with Gasteiger partial charge in [0.2, 0.25) is 5.78 Å². The summed E-state index contributed by atoms with van der Waals surface area (Å²) in [6.07, 6.45) is 9.35. The number of nitrogens with zero attached hydrogens (tertiary/aromatic N) is 3. The number of rotatable bonds is 7. The number of methoxy groups -OCH3 is 1. The van der Waals surface area contributed by atoms with Gasteiger partial charge in [0.25, 0.3) is 0 Å².